The molecule has 4 aromatic rings. The van der Waals surface area contributed by atoms with Gasteiger partial charge in [0, 0.05) is 31.6 Å². The van der Waals surface area contributed by atoms with Crippen molar-refractivity contribution in [3.05, 3.63) is 72.6 Å². The SMILES string of the molecule is COC(=O)N[C@H](C(=O)N1CCC[C@H]1c1ncc(-c2ccc(-c3ccc(-c4cnc(C5CC6(CN5C(=O)[C@@](C)(NC(=O)OC)C(C)C)CN(S(C)(=O)=O)C6)[nH]4)cc3)cc2)[nH]1)C(C)C. The third kappa shape index (κ3) is 8.66. The van der Waals surface area contributed by atoms with Crippen molar-refractivity contribution >= 4 is 34.0 Å². The molecule has 17 nitrogen and oxygen atoms in total. The molecule has 0 saturated carbocycles. The molecule has 2 aromatic carbocycles. The number of carbonyl (C=O) groups is 4. The number of amides is 4. The average molecular weight is 872 g/mol. The highest BCUT2D eigenvalue weighted by Crippen LogP contribution is 2.50. The fourth-order valence-electron chi connectivity index (χ4n) is 8.87. The first kappa shape index (κ1) is 44.3. The third-order valence-corrected chi connectivity index (χ3v) is 14.1. The Morgan fingerprint density at radius 1 is 0.790 bits per heavy atom. The van der Waals surface area contributed by atoms with Gasteiger partial charge in [-0.25, -0.2) is 32.3 Å². The second-order valence-corrected chi connectivity index (χ2v) is 19.7. The van der Waals surface area contributed by atoms with E-state index >= 15 is 0 Å². The molecule has 3 fully saturated rings. The molecule has 2 aromatic heterocycles. The molecule has 7 rings (SSSR count). The molecule has 4 N–H and O–H groups in total. The summed E-state index contributed by atoms with van der Waals surface area (Å²) in [6.07, 6.45) is 5.46. The Labute approximate surface area is 362 Å². The van der Waals surface area contributed by atoms with Gasteiger partial charge in [-0.1, -0.05) is 76.2 Å². The number of aromatic nitrogens is 4. The van der Waals surface area contributed by atoms with Crippen LogP contribution >= 0.6 is 0 Å². The maximum absolute atomic E-state index is 14.4. The Bertz CT molecular complexity index is 2410. The highest BCUT2D eigenvalue weighted by atomic mass is 32.2. The molecule has 0 aliphatic carbocycles. The molecule has 332 valence electrons. The van der Waals surface area contributed by atoms with Crippen LogP contribution in [0.3, 0.4) is 0 Å². The van der Waals surface area contributed by atoms with Crippen molar-refractivity contribution in [2.45, 2.75) is 77.5 Å². The summed E-state index contributed by atoms with van der Waals surface area (Å²) in [5.41, 5.74) is 3.72. The summed E-state index contributed by atoms with van der Waals surface area (Å²) >= 11 is 0. The van der Waals surface area contributed by atoms with Crippen molar-refractivity contribution in [1.82, 2.24) is 44.7 Å². The largest absolute Gasteiger partial charge is 0.453 e. The molecule has 3 aliphatic rings. The van der Waals surface area contributed by atoms with E-state index < -0.39 is 45.2 Å². The average Bonchev–Trinajstić information content (AvgIpc) is 4.07. The number of rotatable bonds is 12. The number of nitrogens with one attached hydrogen (secondary N) is 4. The summed E-state index contributed by atoms with van der Waals surface area (Å²) in [7, 11) is -0.856. The first-order chi connectivity index (χ1) is 29.4. The zero-order valence-corrected chi connectivity index (χ0v) is 37.3. The first-order valence-electron chi connectivity index (χ1n) is 20.9. The molecule has 0 radical (unpaired) electrons. The van der Waals surface area contributed by atoms with Crippen molar-refractivity contribution in [3.63, 3.8) is 0 Å². The number of imidazole rings is 2. The minimum Gasteiger partial charge on any atom is -0.453 e. The molecule has 5 heterocycles. The Morgan fingerprint density at radius 2 is 1.31 bits per heavy atom. The molecule has 1 spiro atoms. The van der Waals surface area contributed by atoms with E-state index in [1.807, 2.05) is 76.2 Å². The number of alkyl carbamates (subject to hydrolysis) is 2. The number of hydrogen-bond donors (Lipinski definition) is 4. The van der Waals surface area contributed by atoms with Crippen molar-refractivity contribution in [2.24, 2.45) is 17.3 Å². The van der Waals surface area contributed by atoms with Crippen molar-refractivity contribution in [2.75, 3.05) is 46.7 Å². The van der Waals surface area contributed by atoms with Crippen molar-refractivity contribution in [3.8, 4) is 33.6 Å². The summed E-state index contributed by atoms with van der Waals surface area (Å²) in [6, 6.07) is 14.8. The van der Waals surface area contributed by atoms with Crippen LogP contribution in [-0.4, -0.2) is 125 Å². The van der Waals surface area contributed by atoms with Crippen LogP contribution in [0.15, 0.2) is 60.9 Å². The van der Waals surface area contributed by atoms with E-state index in [1.165, 1.54) is 24.8 Å². The standard InChI is InChI=1S/C44H57N9O8S/c1-26(2)36(49-41(56)60-6)39(54)52-19-9-10-34(52)37-45-21-32(47-37)30-15-11-28(12-16-30)29-13-17-31(18-14-29)33-22-46-38(48-33)35-20-44(23-51(24-44)62(8,58)59)25-53(35)40(55)43(5,27(3)4)50-42(57)61-7/h11-18,21-22,26-27,34-36H,9-10,19-20,23-25H2,1-8H3,(H,45,47)(H,46,48)(H,49,56)(H,50,57)/t34-,35?,36-,43-/m0/s1. The van der Waals surface area contributed by atoms with E-state index in [1.54, 1.807) is 29.1 Å². The lowest BCUT2D eigenvalue weighted by Gasteiger charge is -2.46. The number of ether oxygens (including phenoxy) is 2. The van der Waals surface area contributed by atoms with Gasteiger partial charge in [0.2, 0.25) is 21.8 Å². The van der Waals surface area contributed by atoms with Gasteiger partial charge in [0.1, 0.15) is 23.2 Å². The smallest absolute Gasteiger partial charge is 0.407 e. The molecule has 4 amide bonds. The Kier molecular flexibility index (Phi) is 12.3. The van der Waals surface area contributed by atoms with Gasteiger partial charge < -0.3 is 39.9 Å². The first-order valence-corrected chi connectivity index (χ1v) is 22.8. The van der Waals surface area contributed by atoms with Crippen molar-refractivity contribution in [1.29, 1.82) is 0 Å². The monoisotopic (exact) mass is 871 g/mol. The van der Waals surface area contributed by atoms with Crippen LogP contribution in [0.5, 0.6) is 0 Å². The van der Waals surface area contributed by atoms with Crippen LogP contribution < -0.4 is 10.6 Å². The molecule has 1 unspecified atom stereocenters. The molecule has 18 heteroatoms. The lowest BCUT2D eigenvalue weighted by Crippen LogP contribution is -2.63. The number of benzene rings is 2. The van der Waals surface area contributed by atoms with Crippen LogP contribution in [0, 0.1) is 17.3 Å². The quantitative estimate of drug-likeness (QED) is 0.141. The van der Waals surface area contributed by atoms with Crippen LogP contribution in [0.25, 0.3) is 33.6 Å². The van der Waals surface area contributed by atoms with Crippen LogP contribution in [-0.2, 0) is 29.1 Å². The highest BCUT2D eigenvalue weighted by molar-refractivity contribution is 7.88. The van der Waals surface area contributed by atoms with Crippen molar-refractivity contribution < 1.29 is 37.1 Å². The van der Waals surface area contributed by atoms with E-state index in [9.17, 15) is 27.6 Å². The summed E-state index contributed by atoms with van der Waals surface area (Å²) in [6.45, 7) is 10.7. The topological polar surface area (TPSA) is 212 Å². The molecule has 3 aliphatic heterocycles. The minimum absolute atomic E-state index is 0.123. The van der Waals surface area contributed by atoms with E-state index in [4.69, 9.17) is 14.5 Å². The summed E-state index contributed by atoms with van der Waals surface area (Å²) < 4.78 is 35.7. The number of likely N-dealkylation sites (tertiary alicyclic amines) is 2. The fourth-order valence-corrected chi connectivity index (χ4v) is 9.89. The van der Waals surface area contributed by atoms with Gasteiger partial charge in [0.15, 0.2) is 0 Å². The molecule has 3 saturated heterocycles. The van der Waals surface area contributed by atoms with Gasteiger partial charge in [-0.3, -0.25) is 9.59 Å². The Morgan fingerprint density at radius 3 is 1.79 bits per heavy atom. The number of nitrogens with zero attached hydrogens (tertiary/aromatic N) is 5. The zero-order valence-electron chi connectivity index (χ0n) is 36.5. The van der Waals surface area contributed by atoms with Crippen LogP contribution in [0.1, 0.15) is 77.6 Å². The maximum atomic E-state index is 14.4. The summed E-state index contributed by atoms with van der Waals surface area (Å²) in [5.74, 6) is 0.422. The lowest BCUT2D eigenvalue weighted by molar-refractivity contribution is -0.141. The number of H-pyrrole nitrogens is 2. The van der Waals surface area contributed by atoms with Gasteiger partial charge in [-0.15, -0.1) is 0 Å². The number of carbonyl (C=O) groups excluding carboxylic acids is 4. The fraction of sp³-hybridized carbons (Fsp3) is 0.500. The van der Waals surface area contributed by atoms with E-state index in [-0.39, 0.29) is 29.7 Å². The number of methoxy groups -OCH3 is 2. The number of hydrogen-bond acceptors (Lipinski definition) is 10. The van der Waals surface area contributed by atoms with Gasteiger partial charge in [-0.05, 0) is 60.3 Å². The molecular formula is C44H57N9O8S. The highest BCUT2D eigenvalue weighted by Gasteiger charge is 2.58. The molecule has 62 heavy (non-hydrogen) atoms. The van der Waals surface area contributed by atoms with Gasteiger partial charge in [0.25, 0.3) is 0 Å². The number of sulfonamides is 1. The number of aromatic amines is 2. The zero-order chi connectivity index (χ0) is 44.7. The van der Waals surface area contributed by atoms with Gasteiger partial charge in [0.05, 0.1) is 56.3 Å². The lowest BCUT2D eigenvalue weighted by atomic mass is 9.79. The van der Waals surface area contributed by atoms with E-state index in [2.05, 4.69) is 25.6 Å². The summed E-state index contributed by atoms with van der Waals surface area (Å²) in [4.78, 5) is 72.2. The van der Waals surface area contributed by atoms with Gasteiger partial charge >= 0.3 is 12.2 Å². The van der Waals surface area contributed by atoms with E-state index in [0.29, 0.717) is 44.2 Å². The Balaban J connectivity index is 1.05. The van der Waals surface area contributed by atoms with E-state index in [0.717, 1.165) is 46.5 Å². The summed E-state index contributed by atoms with van der Waals surface area (Å²) in [5, 5.41) is 5.45. The van der Waals surface area contributed by atoms with Gasteiger partial charge in [-0.2, -0.15) is 0 Å². The van der Waals surface area contributed by atoms with Crippen LogP contribution in [0.2, 0.25) is 0 Å². The van der Waals surface area contributed by atoms with Crippen LogP contribution in [0.4, 0.5) is 9.59 Å². The predicted molar refractivity (Wildman–Crippen MR) is 232 cm³/mol. The molecule has 4 atom stereocenters. The minimum atomic E-state index is -3.39. The molecule has 0 bridgehead atoms. The maximum Gasteiger partial charge on any atom is 0.407 e. The third-order valence-electron chi connectivity index (χ3n) is 12.9. The second-order valence-electron chi connectivity index (χ2n) is 17.7. The normalized spacial score (nSPS) is 20.2. The molecular weight excluding hydrogens is 815 g/mol. The second kappa shape index (κ2) is 17.2. The predicted octanol–water partition coefficient (Wildman–Crippen LogP) is 5.48. The Hall–Kier alpha value is -5.75.